The predicted molar refractivity (Wildman–Crippen MR) is 101 cm³/mol. The van der Waals surface area contributed by atoms with Gasteiger partial charge in [-0.25, -0.2) is 4.79 Å². The molecule has 142 valence electrons. The molecule has 0 unspecified atom stereocenters. The normalized spacial score (nSPS) is 11.6. The van der Waals surface area contributed by atoms with Crippen LogP contribution in [0.1, 0.15) is 28.9 Å². The maximum Gasteiger partial charge on any atom is 0.340 e. The van der Waals surface area contributed by atoms with E-state index in [9.17, 15) is 19.7 Å². The highest BCUT2D eigenvalue weighted by Crippen LogP contribution is 2.26. The van der Waals surface area contributed by atoms with Crippen LogP contribution in [0.25, 0.3) is 0 Å². The van der Waals surface area contributed by atoms with Gasteiger partial charge in [-0.2, -0.15) is 0 Å². The quantitative estimate of drug-likeness (QED) is 0.410. The number of hydrogen-bond acceptors (Lipinski definition) is 5. The molecule has 0 saturated heterocycles. The molecule has 10 heteroatoms. The zero-order valence-electron chi connectivity index (χ0n) is 13.9. The Morgan fingerprint density at radius 2 is 1.85 bits per heavy atom. The third kappa shape index (κ3) is 5.56. The van der Waals surface area contributed by atoms with Gasteiger partial charge in [-0.3, -0.25) is 14.9 Å². The lowest BCUT2D eigenvalue weighted by Crippen LogP contribution is -2.31. The maximum absolute atomic E-state index is 12.0. The van der Waals surface area contributed by atoms with E-state index in [4.69, 9.17) is 39.5 Å². The van der Waals surface area contributed by atoms with E-state index in [2.05, 4.69) is 5.32 Å². The number of amides is 1. The van der Waals surface area contributed by atoms with Crippen LogP contribution in [0.15, 0.2) is 36.4 Å². The van der Waals surface area contributed by atoms with E-state index < -0.39 is 29.4 Å². The minimum Gasteiger partial charge on any atom is -0.452 e. The Morgan fingerprint density at radius 1 is 1.15 bits per heavy atom. The van der Waals surface area contributed by atoms with Crippen LogP contribution in [-0.4, -0.2) is 23.4 Å². The molecule has 1 amide bonds. The van der Waals surface area contributed by atoms with Gasteiger partial charge in [0.15, 0.2) is 6.61 Å². The standard InChI is InChI=1S/C17H13Cl3N2O5/c1-9(12-4-2-10(18)6-14(12)19)21-16(23)8-27-17(24)13-5-3-11(22(25)26)7-15(13)20/h2-7,9H,8H2,1H3,(H,21,23)/t9-/m1/s1. The van der Waals surface area contributed by atoms with Crippen molar-refractivity contribution >= 4 is 52.4 Å². The van der Waals surface area contributed by atoms with Gasteiger partial charge in [-0.05, 0) is 30.7 Å². The van der Waals surface area contributed by atoms with Gasteiger partial charge in [0, 0.05) is 22.2 Å². The summed E-state index contributed by atoms with van der Waals surface area (Å²) in [6, 6.07) is 7.74. The van der Waals surface area contributed by atoms with Crippen LogP contribution >= 0.6 is 34.8 Å². The average Bonchev–Trinajstić information content (AvgIpc) is 2.59. The number of carbonyl (C=O) groups excluding carboxylic acids is 2. The van der Waals surface area contributed by atoms with Crippen molar-refractivity contribution in [3.8, 4) is 0 Å². The number of ether oxygens (including phenoxy) is 1. The number of halogens is 3. The molecule has 2 rings (SSSR count). The minimum atomic E-state index is -0.873. The van der Waals surface area contributed by atoms with E-state index >= 15 is 0 Å². The first-order valence-corrected chi connectivity index (χ1v) is 8.67. The summed E-state index contributed by atoms with van der Waals surface area (Å²) in [5.74, 6) is -1.43. The Hall–Kier alpha value is -2.35. The number of nitro groups is 1. The van der Waals surface area contributed by atoms with Crippen LogP contribution < -0.4 is 5.32 Å². The van der Waals surface area contributed by atoms with E-state index in [0.29, 0.717) is 15.6 Å². The molecule has 0 spiro atoms. The van der Waals surface area contributed by atoms with Crippen LogP contribution in [-0.2, 0) is 9.53 Å². The number of benzene rings is 2. The van der Waals surface area contributed by atoms with Crippen LogP contribution in [0, 0.1) is 10.1 Å². The van der Waals surface area contributed by atoms with E-state index in [1.807, 2.05) is 0 Å². The van der Waals surface area contributed by atoms with Gasteiger partial charge in [0.1, 0.15) is 0 Å². The van der Waals surface area contributed by atoms with E-state index in [0.717, 1.165) is 18.2 Å². The molecule has 27 heavy (non-hydrogen) atoms. The SMILES string of the molecule is C[C@@H](NC(=O)COC(=O)c1ccc([N+](=O)[O-])cc1Cl)c1ccc(Cl)cc1Cl. The summed E-state index contributed by atoms with van der Waals surface area (Å²) in [6.07, 6.45) is 0. The van der Waals surface area contributed by atoms with Crippen molar-refractivity contribution in [2.45, 2.75) is 13.0 Å². The summed E-state index contributed by atoms with van der Waals surface area (Å²) < 4.78 is 4.90. The van der Waals surface area contributed by atoms with Gasteiger partial charge >= 0.3 is 5.97 Å². The molecule has 2 aromatic rings. The molecule has 1 N–H and O–H groups in total. The van der Waals surface area contributed by atoms with Gasteiger partial charge in [-0.15, -0.1) is 0 Å². The number of nitrogens with zero attached hydrogens (tertiary/aromatic N) is 1. The van der Waals surface area contributed by atoms with Gasteiger partial charge in [0.2, 0.25) is 0 Å². The van der Waals surface area contributed by atoms with Gasteiger partial charge in [0.05, 0.1) is 21.6 Å². The van der Waals surface area contributed by atoms with Crippen LogP contribution in [0.5, 0.6) is 0 Å². The summed E-state index contributed by atoms with van der Waals surface area (Å²) in [6.45, 7) is 1.16. The topological polar surface area (TPSA) is 98.5 Å². The number of nitro benzene ring substituents is 1. The Morgan fingerprint density at radius 3 is 2.44 bits per heavy atom. The summed E-state index contributed by atoms with van der Waals surface area (Å²) in [7, 11) is 0. The number of non-ortho nitro benzene ring substituents is 1. The summed E-state index contributed by atoms with van der Waals surface area (Å²) >= 11 is 17.8. The number of esters is 1. The number of nitrogens with one attached hydrogen (secondary N) is 1. The fraction of sp³-hybridized carbons (Fsp3) is 0.176. The lowest BCUT2D eigenvalue weighted by atomic mass is 10.1. The van der Waals surface area contributed by atoms with Gasteiger partial charge < -0.3 is 10.1 Å². The van der Waals surface area contributed by atoms with Crippen molar-refractivity contribution in [2.75, 3.05) is 6.61 Å². The Bertz CT molecular complexity index is 904. The van der Waals surface area contributed by atoms with E-state index in [-0.39, 0.29) is 16.3 Å². The van der Waals surface area contributed by atoms with E-state index in [1.165, 1.54) is 0 Å². The third-order valence-electron chi connectivity index (χ3n) is 3.52. The third-order valence-corrected chi connectivity index (χ3v) is 4.40. The lowest BCUT2D eigenvalue weighted by Gasteiger charge is -2.16. The molecule has 7 nitrogen and oxygen atoms in total. The van der Waals surface area contributed by atoms with Crippen molar-refractivity contribution in [3.05, 3.63) is 72.7 Å². The smallest absolute Gasteiger partial charge is 0.340 e. The zero-order chi connectivity index (χ0) is 20.1. The van der Waals surface area contributed by atoms with Gasteiger partial charge in [-0.1, -0.05) is 40.9 Å². The Kier molecular flexibility index (Phi) is 7.01. The highest BCUT2D eigenvalue weighted by molar-refractivity contribution is 6.35. The van der Waals surface area contributed by atoms with Crippen molar-refractivity contribution in [3.63, 3.8) is 0 Å². The fourth-order valence-corrected chi connectivity index (χ4v) is 3.03. The molecule has 1 atom stereocenters. The summed E-state index contributed by atoms with van der Waals surface area (Å²) in [5, 5.41) is 14.0. The second-order valence-electron chi connectivity index (χ2n) is 5.45. The monoisotopic (exact) mass is 430 g/mol. The zero-order valence-corrected chi connectivity index (χ0v) is 16.1. The predicted octanol–water partition coefficient (Wildman–Crippen LogP) is 4.59. The first-order valence-electron chi connectivity index (χ1n) is 7.54. The molecule has 0 aliphatic heterocycles. The largest absolute Gasteiger partial charge is 0.452 e. The maximum atomic E-state index is 12.0. The molecule has 0 aromatic heterocycles. The van der Waals surface area contributed by atoms with E-state index in [1.54, 1.807) is 25.1 Å². The van der Waals surface area contributed by atoms with Crippen LogP contribution in [0.4, 0.5) is 5.69 Å². The molecular weight excluding hydrogens is 419 g/mol. The molecule has 2 aromatic carbocycles. The summed E-state index contributed by atoms with van der Waals surface area (Å²) in [5.41, 5.74) is 0.311. The van der Waals surface area contributed by atoms with Crippen LogP contribution in [0.2, 0.25) is 15.1 Å². The van der Waals surface area contributed by atoms with Crippen molar-refractivity contribution in [1.82, 2.24) is 5.32 Å². The highest BCUT2D eigenvalue weighted by atomic mass is 35.5. The fourth-order valence-electron chi connectivity index (χ4n) is 2.21. The molecule has 0 aliphatic rings. The highest BCUT2D eigenvalue weighted by Gasteiger charge is 2.18. The second-order valence-corrected chi connectivity index (χ2v) is 6.70. The number of rotatable bonds is 6. The molecule has 0 bridgehead atoms. The number of hydrogen-bond donors (Lipinski definition) is 1. The molecule has 0 fully saturated rings. The molecule has 0 aliphatic carbocycles. The molecular formula is C17H13Cl3N2O5. The summed E-state index contributed by atoms with van der Waals surface area (Å²) in [4.78, 5) is 34.0. The first kappa shape index (κ1) is 21.0. The minimum absolute atomic E-state index is 0.0798. The molecule has 0 radical (unpaired) electrons. The second kappa shape index (κ2) is 9.03. The van der Waals surface area contributed by atoms with Crippen LogP contribution in [0.3, 0.4) is 0 Å². The van der Waals surface area contributed by atoms with Crippen molar-refractivity contribution in [1.29, 1.82) is 0 Å². The lowest BCUT2D eigenvalue weighted by molar-refractivity contribution is -0.384. The Labute approximate surface area is 169 Å². The first-order chi connectivity index (χ1) is 12.7. The average molecular weight is 432 g/mol. The van der Waals surface area contributed by atoms with Crippen molar-refractivity contribution < 1.29 is 19.2 Å². The molecule has 0 heterocycles. The van der Waals surface area contributed by atoms with Gasteiger partial charge in [0.25, 0.3) is 11.6 Å². The van der Waals surface area contributed by atoms with Crippen molar-refractivity contribution in [2.24, 2.45) is 0 Å². The number of carbonyl (C=O) groups is 2. The molecule has 0 saturated carbocycles. The Balaban J connectivity index is 1.95.